The molecular weight excluding hydrogens is 416 g/mol. The Morgan fingerprint density at radius 1 is 1.19 bits per heavy atom. The molecule has 0 spiro atoms. The van der Waals surface area contributed by atoms with Gasteiger partial charge in [0.1, 0.15) is 17.4 Å². The minimum atomic E-state index is -1.12. The molecule has 172 valence electrons. The molecule has 2 atom stereocenters. The van der Waals surface area contributed by atoms with Crippen molar-refractivity contribution in [3.63, 3.8) is 0 Å². The van der Waals surface area contributed by atoms with Crippen molar-refractivity contribution in [2.75, 3.05) is 13.2 Å². The SMILES string of the molecule is CC[C@@H](C)[C@H](NC(=O)CNC(=O)COc1ccc2c3c(c(=O)oc2c1C)CCC3)C(=O)O. The zero-order chi connectivity index (χ0) is 23.4. The smallest absolute Gasteiger partial charge is 0.339 e. The number of aliphatic carboxylic acids is 1. The molecule has 2 aromatic rings. The van der Waals surface area contributed by atoms with Gasteiger partial charge in [-0.15, -0.1) is 0 Å². The molecule has 1 aliphatic carbocycles. The quantitative estimate of drug-likeness (QED) is 0.501. The molecule has 0 radical (unpaired) electrons. The second-order valence-electron chi connectivity index (χ2n) is 8.10. The van der Waals surface area contributed by atoms with Crippen LogP contribution in [-0.2, 0) is 27.2 Å². The number of fused-ring (bicyclic) bond motifs is 3. The summed E-state index contributed by atoms with van der Waals surface area (Å²) in [6, 6.07) is 2.55. The van der Waals surface area contributed by atoms with Crippen LogP contribution >= 0.6 is 0 Å². The van der Waals surface area contributed by atoms with Gasteiger partial charge in [0.05, 0.1) is 6.54 Å². The lowest BCUT2D eigenvalue weighted by molar-refractivity contribution is -0.143. The zero-order valence-corrected chi connectivity index (χ0v) is 18.4. The zero-order valence-electron chi connectivity index (χ0n) is 18.4. The molecule has 0 fully saturated rings. The van der Waals surface area contributed by atoms with Gasteiger partial charge in [0.25, 0.3) is 5.91 Å². The Morgan fingerprint density at radius 3 is 2.59 bits per heavy atom. The van der Waals surface area contributed by atoms with Crippen molar-refractivity contribution in [2.45, 2.75) is 52.5 Å². The van der Waals surface area contributed by atoms with E-state index in [9.17, 15) is 24.3 Å². The van der Waals surface area contributed by atoms with Gasteiger partial charge in [0.2, 0.25) is 5.91 Å². The summed E-state index contributed by atoms with van der Waals surface area (Å²) in [7, 11) is 0. The molecule has 0 aliphatic heterocycles. The lowest BCUT2D eigenvalue weighted by Gasteiger charge is -2.20. The van der Waals surface area contributed by atoms with Crippen LogP contribution in [0.3, 0.4) is 0 Å². The van der Waals surface area contributed by atoms with E-state index in [1.165, 1.54) is 0 Å². The first-order valence-corrected chi connectivity index (χ1v) is 10.7. The van der Waals surface area contributed by atoms with E-state index in [2.05, 4.69) is 10.6 Å². The first kappa shape index (κ1) is 23.3. The number of amides is 2. The molecule has 3 N–H and O–H groups in total. The van der Waals surface area contributed by atoms with Gasteiger partial charge in [0.15, 0.2) is 6.61 Å². The van der Waals surface area contributed by atoms with Gasteiger partial charge in [-0.1, -0.05) is 20.3 Å². The number of hydrogen-bond acceptors (Lipinski definition) is 6. The molecule has 1 aromatic carbocycles. The number of carbonyl (C=O) groups is 3. The molecule has 0 saturated heterocycles. The van der Waals surface area contributed by atoms with Crippen LogP contribution in [0, 0.1) is 12.8 Å². The number of carboxylic acids is 1. The number of hydrogen-bond donors (Lipinski definition) is 3. The first-order chi connectivity index (χ1) is 15.2. The van der Waals surface area contributed by atoms with Gasteiger partial charge in [-0.25, -0.2) is 9.59 Å². The lowest BCUT2D eigenvalue weighted by atomic mass is 9.99. The minimum Gasteiger partial charge on any atom is -0.483 e. The Bertz CT molecular complexity index is 1110. The van der Waals surface area contributed by atoms with Crippen LogP contribution in [0.2, 0.25) is 0 Å². The molecular formula is C23H28N2O7. The Hall–Kier alpha value is -3.36. The molecule has 2 amide bonds. The van der Waals surface area contributed by atoms with Crippen LogP contribution in [0.5, 0.6) is 5.75 Å². The molecule has 0 saturated carbocycles. The van der Waals surface area contributed by atoms with Crippen molar-refractivity contribution in [3.05, 3.63) is 39.2 Å². The molecule has 3 rings (SSSR count). The van der Waals surface area contributed by atoms with E-state index in [1.54, 1.807) is 19.9 Å². The molecule has 1 heterocycles. The van der Waals surface area contributed by atoms with Gasteiger partial charge in [-0.05, 0) is 49.8 Å². The van der Waals surface area contributed by atoms with E-state index in [0.29, 0.717) is 23.3 Å². The summed E-state index contributed by atoms with van der Waals surface area (Å²) in [5.41, 5.74) is 2.51. The van der Waals surface area contributed by atoms with Gasteiger partial charge < -0.3 is 24.9 Å². The summed E-state index contributed by atoms with van der Waals surface area (Å²) >= 11 is 0. The van der Waals surface area contributed by atoms with E-state index in [1.807, 2.05) is 13.0 Å². The van der Waals surface area contributed by atoms with Crippen molar-refractivity contribution < 1.29 is 28.6 Å². The number of ether oxygens (including phenoxy) is 1. The molecule has 0 bridgehead atoms. The third kappa shape index (κ3) is 4.92. The summed E-state index contributed by atoms with van der Waals surface area (Å²) in [6.07, 6.45) is 3.07. The summed E-state index contributed by atoms with van der Waals surface area (Å²) in [5.74, 6) is -2.09. The van der Waals surface area contributed by atoms with Gasteiger partial charge in [-0.2, -0.15) is 0 Å². The second kappa shape index (κ2) is 9.84. The summed E-state index contributed by atoms with van der Waals surface area (Å²) in [5, 5.41) is 14.9. The number of carboxylic acid groups (broad SMARTS) is 1. The van der Waals surface area contributed by atoms with Crippen LogP contribution in [0.15, 0.2) is 21.3 Å². The summed E-state index contributed by atoms with van der Waals surface area (Å²) < 4.78 is 11.1. The molecule has 9 nitrogen and oxygen atoms in total. The second-order valence-corrected chi connectivity index (χ2v) is 8.10. The number of carbonyl (C=O) groups excluding carboxylic acids is 2. The highest BCUT2D eigenvalue weighted by molar-refractivity contribution is 5.89. The summed E-state index contributed by atoms with van der Waals surface area (Å²) in [6.45, 7) is 4.61. The van der Waals surface area contributed by atoms with E-state index in [0.717, 1.165) is 35.8 Å². The standard InChI is InChI=1S/C23H28N2O7/c1-4-12(2)20(22(28)29)25-18(26)10-24-19(27)11-31-17-9-8-15-14-6-5-7-16(14)23(30)32-21(15)13(17)3/h8-9,12,20H,4-7,10-11H2,1-3H3,(H,24,27)(H,25,26)(H,28,29)/t12-,20+/m1/s1. The Balaban J connectivity index is 1.59. The summed E-state index contributed by atoms with van der Waals surface area (Å²) in [4.78, 5) is 47.6. The third-order valence-corrected chi connectivity index (χ3v) is 5.94. The van der Waals surface area contributed by atoms with E-state index < -0.39 is 23.8 Å². The van der Waals surface area contributed by atoms with Crippen molar-refractivity contribution in [1.82, 2.24) is 10.6 Å². The van der Waals surface area contributed by atoms with Crippen LogP contribution in [-0.4, -0.2) is 42.1 Å². The van der Waals surface area contributed by atoms with E-state index in [4.69, 9.17) is 9.15 Å². The van der Waals surface area contributed by atoms with E-state index >= 15 is 0 Å². The number of benzene rings is 1. The Kier molecular flexibility index (Phi) is 7.17. The average Bonchev–Trinajstić information content (AvgIpc) is 3.26. The molecule has 1 aromatic heterocycles. The van der Waals surface area contributed by atoms with Crippen molar-refractivity contribution >= 4 is 28.8 Å². The maximum atomic E-state index is 12.2. The van der Waals surface area contributed by atoms with Crippen molar-refractivity contribution in [2.24, 2.45) is 5.92 Å². The highest BCUT2D eigenvalue weighted by Crippen LogP contribution is 2.32. The fraction of sp³-hybridized carbons (Fsp3) is 0.478. The molecule has 1 aliphatic rings. The fourth-order valence-corrected chi connectivity index (χ4v) is 3.90. The predicted octanol–water partition coefficient (Wildman–Crippen LogP) is 1.70. The van der Waals surface area contributed by atoms with Gasteiger partial charge in [-0.3, -0.25) is 9.59 Å². The van der Waals surface area contributed by atoms with Crippen LogP contribution in [0.4, 0.5) is 0 Å². The number of aryl methyl sites for hydroxylation is 2. The average molecular weight is 444 g/mol. The maximum absolute atomic E-state index is 12.2. The largest absolute Gasteiger partial charge is 0.483 e. The molecule has 0 unspecified atom stereocenters. The first-order valence-electron chi connectivity index (χ1n) is 10.7. The van der Waals surface area contributed by atoms with Crippen molar-refractivity contribution in [1.29, 1.82) is 0 Å². The van der Waals surface area contributed by atoms with Crippen LogP contribution in [0.25, 0.3) is 11.0 Å². The molecule has 9 heteroatoms. The van der Waals surface area contributed by atoms with Crippen LogP contribution in [0.1, 0.15) is 43.4 Å². The van der Waals surface area contributed by atoms with Crippen molar-refractivity contribution in [3.8, 4) is 5.75 Å². The van der Waals surface area contributed by atoms with Crippen LogP contribution < -0.4 is 21.0 Å². The topological polar surface area (TPSA) is 135 Å². The Labute approximate surface area is 185 Å². The predicted molar refractivity (Wildman–Crippen MR) is 117 cm³/mol. The maximum Gasteiger partial charge on any atom is 0.339 e. The van der Waals surface area contributed by atoms with E-state index in [-0.39, 0.29) is 24.7 Å². The third-order valence-electron chi connectivity index (χ3n) is 5.94. The normalized spacial score (nSPS) is 14.5. The highest BCUT2D eigenvalue weighted by Gasteiger charge is 2.25. The number of rotatable bonds is 9. The number of nitrogens with one attached hydrogen (secondary N) is 2. The Morgan fingerprint density at radius 2 is 1.91 bits per heavy atom. The fourth-order valence-electron chi connectivity index (χ4n) is 3.90. The van der Waals surface area contributed by atoms with Gasteiger partial charge >= 0.3 is 11.6 Å². The monoisotopic (exact) mass is 444 g/mol. The van der Waals surface area contributed by atoms with Gasteiger partial charge in [0, 0.05) is 16.5 Å². The minimum absolute atomic E-state index is 0.243. The molecule has 32 heavy (non-hydrogen) atoms. The highest BCUT2D eigenvalue weighted by atomic mass is 16.5. The lowest BCUT2D eigenvalue weighted by Crippen LogP contribution is -2.48.